The lowest BCUT2D eigenvalue weighted by atomic mass is 9.80. The molecule has 2 heteroatoms. The van der Waals surface area contributed by atoms with Crippen molar-refractivity contribution >= 4 is 5.91 Å². The molecule has 0 spiro atoms. The van der Waals surface area contributed by atoms with Gasteiger partial charge in [0.15, 0.2) is 0 Å². The standard InChI is InChI=1S/C12H21NO/c1-5-6-11(14)13-8-7-10(9-13)12(2,3)4/h5-6,10H,7-9H2,1-4H3/b6-5+. The Morgan fingerprint density at radius 1 is 1.43 bits per heavy atom. The minimum absolute atomic E-state index is 0.166. The van der Waals surface area contributed by atoms with Gasteiger partial charge in [-0.15, -0.1) is 0 Å². The van der Waals surface area contributed by atoms with Gasteiger partial charge in [0.05, 0.1) is 0 Å². The summed E-state index contributed by atoms with van der Waals surface area (Å²) in [4.78, 5) is 13.5. The summed E-state index contributed by atoms with van der Waals surface area (Å²) in [6.45, 7) is 10.5. The third-order valence-corrected chi connectivity index (χ3v) is 3.03. The summed E-state index contributed by atoms with van der Waals surface area (Å²) in [7, 11) is 0. The second-order valence-corrected chi connectivity index (χ2v) is 5.14. The summed E-state index contributed by atoms with van der Waals surface area (Å²) in [5.74, 6) is 0.816. The fraction of sp³-hybridized carbons (Fsp3) is 0.750. The molecule has 0 aromatic carbocycles. The van der Waals surface area contributed by atoms with Crippen LogP contribution in [0.2, 0.25) is 0 Å². The van der Waals surface area contributed by atoms with E-state index in [-0.39, 0.29) is 5.91 Å². The quantitative estimate of drug-likeness (QED) is 0.589. The van der Waals surface area contributed by atoms with Crippen LogP contribution in [0.5, 0.6) is 0 Å². The van der Waals surface area contributed by atoms with Crippen molar-refractivity contribution in [2.75, 3.05) is 13.1 Å². The van der Waals surface area contributed by atoms with Crippen molar-refractivity contribution < 1.29 is 4.79 Å². The van der Waals surface area contributed by atoms with E-state index in [0.717, 1.165) is 19.5 Å². The monoisotopic (exact) mass is 195 g/mol. The molecule has 1 amide bonds. The van der Waals surface area contributed by atoms with Crippen LogP contribution in [0.4, 0.5) is 0 Å². The van der Waals surface area contributed by atoms with Gasteiger partial charge in [0.25, 0.3) is 0 Å². The van der Waals surface area contributed by atoms with Crippen molar-refractivity contribution in [1.29, 1.82) is 0 Å². The van der Waals surface area contributed by atoms with Gasteiger partial charge in [0.1, 0.15) is 0 Å². The van der Waals surface area contributed by atoms with E-state index in [0.29, 0.717) is 11.3 Å². The van der Waals surface area contributed by atoms with E-state index in [9.17, 15) is 4.79 Å². The summed E-state index contributed by atoms with van der Waals surface area (Å²) >= 11 is 0. The number of rotatable bonds is 1. The molecule has 0 aliphatic carbocycles. The Morgan fingerprint density at radius 3 is 2.50 bits per heavy atom. The fourth-order valence-electron chi connectivity index (χ4n) is 1.92. The van der Waals surface area contributed by atoms with E-state index in [1.807, 2.05) is 17.9 Å². The number of allylic oxidation sites excluding steroid dienone is 1. The first-order valence-corrected chi connectivity index (χ1v) is 5.36. The lowest BCUT2D eigenvalue weighted by molar-refractivity contribution is -0.125. The molecule has 0 saturated carbocycles. The molecule has 80 valence electrons. The Morgan fingerprint density at radius 2 is 2.07 bits per heavy atom. The fourth-order valence-corrected chi connectivity index (χ4v) is 1.92. The van der Waals surface area contributed by atoms with Gasteiger partial charge < -0.3 is 4.90 Å². The highest BCUT2D eigenvalue weighted by atomic mass is 16.2. The molecule has 1 aliphatic rings. The maximum absolute atomic E-state index is 11.6. The second kappa shape index (κ2) is 4.16. The van der Waals surface area contributed by atoms with E-state index < -0.39 is 0 Å². The minimum atomic E-state index is 0.166. The molecular weight excluding hydrogens is 174 g/mol. The molecule has 2 nitrogen and oxygen atoms in total. The summed E-state index contributed by atoms with van der Waals surface area (Å²) < 4.78 is 0. The highest BCUT2D eigenvalue weighted by Crippen LogP contribution is 2.33. The van der Waals surface area contributed by atoms with E-state index in [4.69, 9.17) is 0 Å². The van der Waals surface area contributed by atoms with Crippen molar-refractivity contribution in [2.24, 2.45) is 11.3 Å². The highest BCUT2D eigenvalue weighted by molar-refractivity contribution is 5.87. The van der Waals surface area contributed by atoms with Crippen molar-refractivity contribution in [3.8, 4) is 0 Å². The smallest absolute Gasteiger partial charge is 0.246 e. The van der Waals surface area contributed by atoms with Crippen LogP contribution in [0.1, 0.15) is 34.1 Å². The number of hydrogen-bond acceptors (Lipinski definition) is 1. The lowest BCUT2D eigenvalue weighted by Gasteiger charge is -2.26. The first-order chi connectivity index (χ1) is 6.45. The maximum atomic E-state index is 11.6. The van der Waals surface area contributed by atoms with Gasteiger partial charge in [-0.2, -0.15) is 0 Å². The second-order valence-electron chi connectivity index (χ2n) is 5.14. The largest absolute Gasteiger partial charge is 0.339 e. The summed E-state index contributed by atoms with van der Waals surface area (Å²) in [6.07, 6.45) is 4.62. The molecule has 1 heterocycles. The van der Waals surface area contributed by atoms with Gasteiger partial charge in [-0.3, -0.25) is 4.79 Å². The highest BCUT2D eigenvalue weighted by Gasteiger charge is 2.32. The van der Waals surface area contributed by atoms with E-state index in [2.05, 4.69) is 20.8 Å². The molecule has 1 rings (SSSR count). The normalized spacial score (nSPS) is 23.4. The van der Waals surface area contributed by atoms with Gasteiger partial charge in [0.2, 0.25) is 5.91 Å². The molecule has 0 N–H and O–H groups in total. The molecular formula is C12H21NO. The van der Waals surface area contributed by atoms with Crippen LogP contribution in [0.15, 0.2) is 12.2 Å². The number of hydrogen-bond donors (Lipinski definition) is 0. The van der Waals surface area contributed by atoms with E-state index in [1.165, 1.54) is 0 Å². The first-order valence-electron chi connectivity index (χ1n) is 5.36. The van der Waals surface area contributed by atoms with Crippen molar-refractivity contribution in [3.63, 3.8) is 0 Å². The van der Waals surface area contributed by atoms with Crippen molar-refractivity contribution in [2.45, 2.75) is 34.1 Å². The molecule has 1 aliphatic heterocycles. The van der Waals surface area contributed by atoms with Crippen LogP contribution >= 0.6 is 0 Å². The molecule has 1 unspecified atom stereocenters. The van der Waals surface area contributed by atoms with Crippen LogP contribution in [0.25, 0.3) is 0 Å². The number of nitrogens with zero attached hydrogens (tertiary/aromatic N) is 1. The molecule has 1 atom stereocenters. The van der Waals surface area contributed by atoms with Crippen LogP contribution in [0, 0.1) is 11.3 Å². The van der Waals surface area contributed by atoms with Crippen molar-refractivity contribution in [1.82, 2.24) is 4.90 Å². The van der Waals surface area contributed by atoms with Gasteiger partial charge in [-0.25, -0.2) is 0 Å². The molecule has 14 heavy (non-hydrogen) atoms. The predicted octanol–water partition coefficient (Wildman–Crippen LogP) is 2.46. The molecule has 0 radical (unpaired) electrons. The summed E-state index contributed by atoms with van der Waals surface area (Å²) in [5.41, 5.74) is 0.324. The van der Waals surface area contributed by atoms with Gasteiger partial charge in [-0.05, 0) is 30.8 Å². The van der Waals surface area contributed by atoms with E-state index >= 15 is 0 Å². The van der Waals surface area contributed by atoms with Gasteiger partial charge in [0, 0.05) is 13.1 Å². The minimum Gasteiger partial charge on any atom is -0.339 e. The number of carbonyl (C=O) groups is 1. The molecule has 1 saturated heterocycles. The zero-order valence-corrected chi connectivity index (χ0v) is 9.71. The average Bonchev–Trinajstić information content (AvgIpc) is 2.51. The Kier molecular flexibility index (Phi) is 3.35. The summed E-state index contributed by atoms with van der Waals surface area (Å²) in [5, 5.41) is 0. The van der Waals surface area contributed by atoms with Crippen LogP contribution in [0.3, 0.4) is 0 Å². The number of likely N-dealkylation sites (tertiary alicyclic amines) is 1. The number of carbonyl (C=O) groups excluding carboxylic acids is 1. The van der Waals surface area contributed by atoms with Crippen LogP contribution < -0.4 is 0 Å². The molecule has 0 bridgehead atoms. The number of amides is 1. The zero-order valence-electron chi connectivity index (χ0n) is 9.71. The first kappa shape index (κ1) is 11.3. The van der Waals surface area contributed by atoms with Crippen LogP contribution in [-0.2, 0) is 4.79 Å². The third kappa shape index (κ3) is 2.60. The predicted molar refractivity (Wildman–Crippen MR) is 59.0 cm³/mol. The van der Waals surface area contributed by atoms with Crippen LogP contribution in [-0.4, -0.2) is 23.9 Å². The van der Waals surface area contributed by atoms with E-state index in [1.54, 1.807) is 6.08 Å². The average molecular weight is 195 g/mol. The zero-order chi connectivity index (χ0) is 10.8. The maximum Gasteiger partial charge on any atom is 0.246 e. The molecule has 0 aromatic heterocycles. The SMILES string of the molecule is C/C=C/C(=O)N1CCC(C(C)(C)C)C1. The molecule has 1 fully saturated rings. The van der Waals surface area contributed by atoms with Crippen molar-refractivity contribution in [3.05, 3.63) is 12.2 Å². The Hall–Kier alpha value is -0.790. The lowest BCUT2D eigenvalue weighted by Crippen LogP contribution is -2.29. The Labute approximate surface area is 87.0 Å². The Bertz CT molecular complexity index is 237. The topological polar surface area (TPSA) is 20.3 Å². The van der Waals surface area contributed by atoms with Gasteiger partial charge >= 0.3 is 0 Å². The Balaban J connectivity index is 2.53. The molecule has 0 aromatic rings. The summed E-state index contributed by atoms with van der Waals surface area (Å²) in [6, 6.07) is 0. The third-order valence-electron chi connectivity index (χ3n) is 3.03. The van der Waals surface area contributed by atoms with Gasteiger partial charge in [-0.1, -0.05) is 26.8 Å².